The predicted octanol–water partition coefficient (Wildman–Crippen LogP) is 3.63. The summed E-state index contributed by atoms with van der Waals surface area (Å²) in [5.74, 6) is -0.209. The standard InChI is InChI=1S/C16H14FN3S/c17-14-5-3-12(4-6-14)8-19-11-16-20-10-15(21-16)13-2-1-7-18-9-13/h1-7,9-10,19H,8,11H2. The Balaban J connectivity index is 1.57. The number of halogens is 1. The fourth-order valence-corrected chi connectivity index (χ4v) is 2.83. The second-order valence-corrected chi connectivity index (χ2v) is 5.71. The van der Waals surface area contributed by atoms with Crippen molar-refractivity contribution in [2.45, 2.75) is 13.1 Å². The third-order valence-corrected chi connectivity index (χ3v) is 4.06. The van der Waals surface area contributed by atoms with Gasteiger partial charge in [-0.3, -0.25) is 4.98 Å². The molecule has 3 rings (SSSR count). The van der Waals surface area contributed by atoms with Crippen LogP contribution in [0.1, 0.15) is 10.6 Å². The lowest BCUT2D eigenvalue weighted by atomic mass is 10.2. The lowest BCUT2D eigenvalue weighted by Crippen LogP contribution is -2.12. The fourth-order valence-electron chi connectivity index (χ4n) is 1.95. The zero-order valence-electron chi connectivity index (χ0n) is 11.3. The van der Waals surface area contributed by atoms with Crippen molar-refractivity contribution in [1.82, 2.24) is 15.3 Å². The van der Waals surface area contributed by atoms with Gasteiger partial charge in [-0.25, -0.2) is 9.37 Å². The van der Waals surface area contributed by atoms with Crippen molar-refractivity contribution < 1.29 is 4.39 Å². The Hall–Kier alpha value is -2.11. The van der Waals surface area contributed by atoms with E-state index >= 15 is 0 Å². The van der Waals surface area contributed by atoms with Crippen molar-refractivity contribution >= 4 is 11.3 Å². The van der Waals surface area contributed by atoms with Crippen LogP contribution in [-0.4, -0.2) is 9.97 Å². The molecule has 21 heavy (non-hydrogen) atoms. The highest BCUT2D eigenvalue weighted by Crippen LogP contribution is 2.24. The van der Waals surface area contributed by atoms with Gasteiger partial charge in [0.2, 0.25) is 0 Å². The van der Waals surface area contributed by atoms with E-state index in [0.717, 1.165) is 21.0 Å². The molecule has 0 bridgehead atoms. The summed E-state index contributed by atoms with van der Waals surface area (Å²) in [7, 11) is 0. The molecule has 2 aromatic heterocycles. The van der Waals surface area contributed by atoms with Crippen LogP contribution in [0.3, 0.4) is 0 Å². The summed E-state index contributed by atoms with van der Waals surface area (Å²) in [6, 6.07) is 10.5. The Morgan fingerprint density at radius 3 is 2.67 bits per heavy atom. The van der Waals surface area contributed by atoms with Crippen LogP contribution in [0.15, 0.2) is 55.0 Å². The molecular formula is C16H14FN3S. The van der Waals surface area contributed by atoms with E-state index in [9.17, 15) is 4.39 Å². The maximum atomic E-state index is 12.8. The molecule has 0 saturated heterocycles. The van der Waals surface area contributed by atoms with E-state index in [-0.39, 0.29) is 5.82 Å². The molecule has 0 spiro atoms. The summed E-state index contributed by atoms with van der Waals surface area (Å²) in [6.07, 6.45) is 5.47. The molecule has 1 N–H and O–H groups in total. The van der Waals surface area contributed by atoms with Crippen molar-refractivity contribution in [2.24, 2.45) is 0 Å². The van der Waals surface area contributed by atoms with Gasteiger partial charge in [0.15, 0.2) is 0 Å². The van der Waals surface area contributed by atoms with Gasteiger partial charge in [-0.05, 0) is 23.8 Å². The number of nitrogens with one attached hydrogen (secondary N) is 1. The van der Waals surface area contributed by atoms with E-state index < -0.39 is 0 Å². The Bertz CT molecular complexity index is 695. The van der Waals surface area contributed by atoms with E-state index in [1.807, 2.05) is 24.5 Å². The van der Waals surface area contributed by atoms with Crippen molar-refractivity contribution in [1.29, 1.82) is 0 Å². The Morgan fingerprint density at radius 1 is 1.05 bits per heavy atom. The lowest BCUT2D eigenvalue weighted by Gasteiger charge is -2.02. The van der Waals surface area contributed by atoms with Gasteiger partial charge < -0.3 is 5.32 Å². The molecule has 0 fully saturated rings. The van der Waals surface area contributed by atoms with E-state index in [2.05, 4.69) is 15.3 Å². The van der Waals surface area contributed by atoms with Gasteiger partial charge in [0, 0.05) is 37.2 Å². The van der Waals surface area contributed by atoms with Gasteiger partial charge in [-0.15, -0.1) is 11.3 Å². The first-order valence-electron chi connectivity index (χ1n) is 6.61. The van der Waals surface area contributed by atoms with Crippen molar-refractivity contribution in [3.8, 4) is 10.4 Å². The minimum atomic E-state index is -0.209. The zero-order chi connectivity index (χ0) is 14.5. The van der Waals surface area contributed by atoms with Gasteiger partial charge in [0.1, 0.15) is 10.8 Å². The molecular weight excluding hydrogens is 285 g/mol. The molecule has 0 atom stereocenters. The average Bonchev–Trinajstić information content (AvgIpc) is 2.99. The van der Waals surface area contributed by atoms with Crippen molar-refractivity contribution in [2.75, 3.05) is 0 Å². The van der Waals surface area contributed by atoms with Crippen LogP contribution in [0.2, 0.25) is 0 Å². The molecule has 5 heteroatoms. The molecule has 2 heterocycles. The van der Waals surface area contributed by atoms with Crippen LogP contribution in [0, 0.1) is 5.82 Å². The number of benzene rings is 1. The predicted molar refractivity (Wildman–Crippen MR) is 82.3 cm³/mol. The second-order valence-electron chi connectivity index (χ2n) is 4.59. The topological polar surface area (TPSA) is 37.8 Å². The zero-order valence-corrected chi connectivity index (χ0v) is 12.1. The van der Waals surface area contributed by atoms with Gasteiger partial charge in [-0.1, -0.05) is 18.2 Å². The molecule has 3 nitrogen and oxygen atoms in total. The van der Waals surface area contributed by atoms with Crippen LogP contribution in [-0.2, 0) is 13.1 Å². The highest BCUT2D eigenvalue weighted by molar-refractivity contribution is 7.15. The number of nitrogens with zero attached hydrogens (tertiary/aromatic N) is 2. The third kappa shape index (κ3) is 3.71. The van der Waals surface area contributed by atoms with Crippen molar-refractivity contribution in [3.05, 3.63) is 71.4 Å². The van der Waals surface area contributed by atoms with E-state index in [4.69, 9.17) is 0 Å². The molecule has 0 unspecified atom stereocenters. The number of thiazole rings is 1. The Morgan fingerprint density at radius 2 is 1.90 bits per heavy atom. The first kappa shape index (κ1) is 13.9. The van der Waals surface area contributed by atoms with E-state index in [0.29, 0.717) is 13.1 Å². The maximum Gasteiger partial charge on any atom is 0.123 e. The van der Waals surface area contributed by atoms with E-state index in [1.54, 1.807) is 29.7 Å². The molecule has 106 valence electrons. The molecule has 0 aliphatic carbocycles. The highest BCUT2D eigenvalue weighted by Gasteiger charge is 2.04. The summed E-state index contributed by atoms with van der Waals surface area (Å²) < 4.78 is 12.8. The summed E-state index contributed by atoms with van der Waals surface area (Å²) in [5.41, 5.74) is 2.14. The van der Waals surface area contributed by atoms with Crippen LogP contribution in [0.5, 0.6) is 0 Å². The average molecular weight is 299 g/mol. The second kappa shape index (κ2) is 6.56. The maximum absolute atomic E-state index is 12.8. The molecule has 0 saturated carbocycles. The largest absolute Gasteiger partial charge is 0.306 e. The van der Waals surface area contributed by atoms with Gasteiger partial charge in [0.25, 0.3) is 0 Å². The summed E-state index contributed by atoms with van der Waals surface area (Å²) in [4.78, 5) is 9.63. The molecule has 0 amide bonds. The monoisotopic (exact) mass is 299 g/mol. The van der Waals surface area contributed by atoms with Gasteiger partial charge in [0.05, 0.1) is 4.88 Å². The number of hydrogen-bond acceptors (Lipinski definition) is 4. The first-order valence-corrected chi connectivity index (χ1v) is 7.43. The number of hydrogen-bond donors (Lipinski definition) is 1. The Kier molecular flexibility index (Phi) is 4.33. The third-order valence-electron chi connectivity index (χ3n) is 3.02. The fraction of sp³-hybridized carbons (Fsp3) is 0.125. The summed E-state index contributed by atoms with van der Waals surface area (Å²) in [5, 5.41) is 4.34. The highest BCUT2D eigenvalue weighted by atomic mass is 32.1. The molecule has 3 aromatic rings. The Labute approximate surface area is 126 Å². The normalized spacial score (nSPS) is 10.7. The smallest absolute Gasteiger partial charge is 0.123 e. The summed E-state index contributed by atoms with van der Waals surface area (Å²) in [6.45, 7) is 1.39. The SMILES string of the molecule is Fc1ccc(CNCc2ncc(-c3cccnc3)s2)cc1. The number of pyridine rings is 1. The van der Waals surface area contributed by atoms with Crippen LogP contribution < -0.4 is 5.32 Å². The number of aromatic nitrogens is 2. The quantitative estimate of drug-likeness (QED) is 0.781. The first-order chi connectivity index (χ1) is 10.3. The molecule has 0 aliphatic heterocycles. The lowest BCUT2D eigenvalue weighted by molar-refractivity contribution is 0.625. The number of rotatable bonds is 5. The van der Waals surface area contributed by atoms with E-state index in [1.165, 1.54) is 12.1 Å². The van der Waals surface area contributed by atoms with Gasteiger partial charge in [-0.2, -0.15) is 0 Å². The van der Waals surface area contributed by atoms with Crippen LogP contribution in [0.25, 0.3) is 10.4 Å². The van der Waals surface area contributed by atoms with Crippen LogP contribution >= 0.6 is 11.3 Å². The summed E-state index contributed by atoms with van der Waals surface area (Å²) >= 11 is 1.65. The minimum Gasteiger partial charge on any atom is -0.306 e. The minimum absolute atomic E-state index is 0.209. The van der Waals surface area contributed by atoms with Crippen molar-refractivity contribution in [3.63, 3.8) is 0 Å². The molecule has 0 aliphatic rings. The molecule has 1 aromatic carbocycles. The van der Waals surface area contributed by atoms with Crippen LogP contribution in [0.4, 0.5) is 4.39 Å². The molecule has 0 radical (unpaired) electrons. The van der Waals surface area contributed by atoms with Gasteiger partial charge >= 0.3 is 0 Å².